The third kappa shape index (κ3) is 2.87. The van der Waals surface area contributed by atoms with E-state index in [9.17, 15) is 4.79 Å². The fraction of sp³-hybridized carbons (Fsp3) is 0.304. The number of carbonyl (C=O) groups is 1. The van der Waals surface area contributed by atoms with Gasteiger partial charge in [0.15, 0.2) is 11.5 Å². The Labute approximate surface area is 163 Å². The van der Waals surface area contributed by atoms with Crippen molar-refractivity contribution in [1.82, 2.24) is 9.88 Å². The molecule has 0 unspecified atom stereocenters. The number of hydrogen-bond acceptors (Lipinski definition) is 4. The SMILES string of the molecule is C[C@H]1CCCCN1C(=O)c1cc(-c2ccc3c(c2)OCO3)nc2ccccc12. The minimum atomic E-state index is 0.0905. The van der Waals surface area contributed by atoms with Crippen LogP contribution in [0.1, 0.15) is 36.5 Å². The number of ether oxygens (including phenoxy) is 2. The first-order valence-corrected chi connectivity index (χ1v) is 9.81. The molecular formula is C23H22N2O3. The second-order valence-electron chi connectivity index (χ2n) is 7.48. The van der Waals surface area contributed by atoms with E-state index in [1.807, 2.05) is 53.4 Å². The maximum atomic E-state index is 13.4. The smallest absolute Gasteiger partial charge is 0.254 e. The molecule has 5 rings (SSSR count). The Morgan fingerprint density at radius 1 is 1.07 bits per heavy atom. The van der Waals surface area contributed by atoms with E-state index in [4.69, 9.17) is 14.5 Å². The number of hydrogen-bond donors (Lipinski definition) is 0. The summed E-state index contributed by atoms with van der Waals surface area (Å²) in [5.74, 6) is 1.54. The van der Waals surface area contributed by atoms with Gasteiger partial charge in [-0.15, -0.1) is 0 Å². The fourth-order valence-corrected chi connectivity index (χ4v) is 4.11. The van der Waals surface area contributed by atoms with Crippen molar-refractivity contribution >= 4 is 16.8 Å². The molecule has 5 heteroatoms. The Bertz CT molecular complexity index is 1060. The number of amides is 1. The lowest BCUT2D eigenvalue weighted by atomic mass is 9.99. The molecule has 3 aromatic rings. The summed E-state index contributed by atoms with van der Waals surface area (Å²) in [6.45, 7) is 3.19. The number of benzene rings is 2. The highest BCUT2D eigenvalue weighted by atomic mass is 16.7. The molecule has 5 nitrogen and oxygen atoms in total. The molecule has 0 bridgehead atoms. The first-order valence-electron chi connectivity index (χ1n) is 9.81. The Morgan fingerprint density at radius 3 is 2.82 bits per heavy atom. The summed E-state index contributed by atoms with van der Waals surface area (Å²) < 4.78 is 10.9. The van der Waals surface area contributed by atoms with Crippen LogP contribution in [0.3, 0.4) is 0 Å². The van der Waals surface area contributed by atoms with Gasteiger partial charge in [0.1, 0.15) is 0 Å². The van der Waals surface area contributed by atoms with Crippen LogP contribution < -0.4 is 9.47 Å². The van der Waals surface area contributed by atoms with Gasteiger partial charge in [-0.05, 0) is 56.5 Å². The quantitative estimate of drug-likeness (QED) is 0.655. The van der Waals surface area contributed by atoms with Crippen molar-refractivity contribution in [3.8, 4) is 22.8 Å². The van der Waals surface area contributed by atoms with Gasteiger partial charge in [0.25, 0.3) is 5.91 Å². The van der Waals surface area contributed by atoms with Crippen molar-refractivity contribution in [2.75, 3.05) is 13.3 Å². The number of fused-ring (bicyclic) bond motifs is 2. The van der Waals surface area contributed by atoms with Gasteiger partial charge in [0.05, 0.1) is 16.8 Å². The lowest BCUT2D eigenvalue weighted by Gasteiger charge is -2.33. The summed E-state index contributed by atoms with van der Waals surface area (Å²) in [5, 5.41) is 0.898. The first-order chi connectivity index (χ1) is 13.7. The van der Waals surface area contributed by atoms with Crippen LogP contribution in [-0.4, -0.2) is 35.2 Å². The maximum Gasteiger partial charge on any atom is 0.254 e. The van der Waals surface area contributed by atoms with E-state index >= 15 is 0 Å². The molecule has 1 atom stereocenters. The van der Waals surface area contributed by atoms with Crippen LogP contribution in [0.5, 0.6) is 11.5 Å². The second kappa shape index (κ2) is 6.82. The molecule has 0 saturated carbocycles. The highest BCUT2D eigenvalue weighted by Gasteiger charge is 2.26. The number of para-hydroxylation sites is 1. The number of nitrogens with zero attached hydrogens (tertiary/aromatic N) is 2. The van der Waals surface area contributed by atoms with Gasteiger partial charge in [0.2, 0.25) is 6.79 Å². The molecule has 3 heterocycles. The number of piperidine rings is 1. The van der Waals surface area contributed by atoms with E-state index in [0.29, 0.717) is 11.3 Å². The van der Waals surface area contributed by atoms with Crippen molar-refractivity contribution < 1.29 is 14.3 Å². The van der Waals surface area contributed by atoms with Crippen LogP contribution in [0.25, 0.3) is 22.2 Å². The summed E-state index contributed by atoms with van der Waals surface area (Å²) in [5.41, 5.74) is 3.22. The van der Waals surface area contributed by atoms with Gasteiger partial charge in [0, 0.05) is 23.5 Å². The largest absolute Gasteiger partial charge is 0.454 e. The third-order valence-corrected chi connectivity index (χ3v) is 5.68. The molecule has 2 aliphatic heterocycles. The molecule has 1 saturated heterocycles. The van der Waals surface area contributed by atoms with E-state index in [1.165, 1.54) is 6.42 Å². The topological polar surface area (TPSA) is 51.7 Å². The summed E-state index contributed by atoms with van der Waals surface area (Å²) in [7, 11) is 0. The summed E-state index contributed by atoms with van der Waals surface area (Å²) in [4.78, 5) is 20.3. The average molecular weight is 374 g/mol. The molecular weight excluding hydrogens is 352 g/mol. The van der Waals surface area contributed by atoms with Crippen LogP contribution in [-0.2, 0) is 0 Å². The molecule has 1 fully saturated rings. The van der Waals surface area contributed by atoms with Gasteiger partial charge in [-0.2, -0.15) is 0 Å². The number of carbonyl (C=O) groups excluding carboxylic acids is 1. The van der Waals surface area contributed by atoms with Crippen molar-refractivity contribution in [3.05, 3.63) is 54.1 Å². The highest BCUT2D eigenvalue weighted by Crippen LogP contribution is 2.36. The summed E-state index contributed by atoms with van der Waals surface area (Å²) in [6, 6.07) is 15.8. The molecule has 0 spiro atoms. The van der Waals surface area contributed by atoms with Crippen molar-refractivity contribution in [2.45, 2.75) is 32.2 Å². The molecule has 0 aliphatic carbocycles. The van der Waals surface area contributed by atoms with Crippen molar-refractivity contribution in [1.29, 1.82) is 0 Å². The highest BCUT2D eigenvalue weighted by molar-refractivity contribution is 6.07. The molecule has 1 amide bonds. The predicted molar refractivity (Wildman–Crippen MR) is 108 cm³/mol. The van der Waals surface area contributed by atoms with Crippen LogP contribution in [0.4, 0.5) is 0 Å². The van der Waals surface area contributed by atoms with E-state index in [2.05, 4.69) is 6.92 Å². The number of aromatic nitrogens is 1. The van der Waals surface area contributed by atoms with Crippen LogP contribution >= 0.6 is 0 Å². The molecule has 28 heavy (non-hydrogen) atoms. The maximum absolute atomic E-state index is 13.4. The molecule has 2 aromatic carbocycles. The van der Waals surface area contributed by atoms with Gasteiger partial charge < -0.3 is 14.4 Å². The van der Waals surface area contributed by atoms with E-state index < -0.39 is 0 Å². The number of likely N-dealkylation sites (tertiary alicyclic amines) is 1. The molecule has 1 aromatic heterocycles. The van der Waals surface area contributed by atoms with Crippen molar-refractivity contribution in [3.63, 3.8) is 0 Å². The Balaban J connectivity index is 1.63. The lowest BCUT2D eigenvalue weighted by Crippen LogP contribution is -2.42. The van der Waals surface area contributed by atoms with E-state index in [0.717, 1.165) is 47.3 Å². The van der Waals surface area contributed by atoms with Gasteiger partial charge in [-0.1, -0.05) is 18.2 Å². The van der Waals surface area contributed by atoms with Crippen molar-refractivity contribution in [2.24, 2.45) is 0 Å². The first kappa shape index (κ1) is 17.0. The van der Waals surface area contributed by atoms with Crippen LogP contribution in [0.2, 0.25) is 0 Å². The molecule has 0 radical (unpaired) electrons. The van der Waals surface area contributed by atoms with Crippen LogP contribution in [0.15, 0.2) is 48.5 Å². The Morgan fingerprint density at radius 2 is 1.93 bits per heavy atom. The lowest BCUT2D eigenvalue weighted by molar-refractivity contribution is 0.0637. The van der Waals surface area contributed by atoms with Crippen LogP contribution in [0, 0.1) is 0 Å². The van der Waals surface area contributed by atoms with Gasteiger partial charge in [-0.25, -0.2) is 4.98 Å². The normalized spacial score (nSPS) is 18.5. The third-order valence-electron chi connectivity index (χ3n) is 5.68. The number of rotatable bonds is 2. The Hall–Kier alpha value is -3.08. The zero-order chi connectivity index (χ0) is 19.1. The average Bonchev–Trinajstić information content (AvgIpc) is 3.20. The minimum absolute atomic E-state index is 0.0905. The monoisotopic (exact) mass is 374 g/mol. The standard InChI is InChI=1S/C23H22N2O3/c1-15-6-4-5-11-25(15)23(26)18-13-20(24-19-8-3-2-7-17(18)19)16-9-10-21-22(12-16)28-14-27-21/h2-3,7-10,12-13,15H,4-6,11,14H2,1H3/t15-/m0/s1. The molecule has 0 N–H and O–H groups in total. The summed E-state index contributed by atoms with van der Waals surface area (Å²) in [6.07, 6.45) is 3.31. The molecule has 142 valence electrons. The number of pyridine rings is 1. The zero-order valence-electron chi connectivity index (χ0n) is 15.9. The van der Waals surface area contributed by atoms with E-state index in [-0.39, 0.29) is 18.7 Å². The Kier molecular flexibility index (Phi) is 4.15. The summed E-state index contributed by atoms with van der Waals surface area (Å²) >= 11 is 0. The second-order valence-corrected chi connectivity index (χ2v) is 7.48. The molecule has 2 aliphatic rings. The van der Waals surface area contributed by atoms with Gasteiger partial charge in [-0.3, -0.25) is 4.79 Å². The van der Waals surface area contributed by atoms with Gasteiger partial charge >= 0.3 is 0 Å². The fourth-order valence-electron chi connectivity index (χ4n) is 4.11. The van der Waals surface area contributed by atoms with E-state index in [1.54, 1.807) is 0 Å². The zero-order valence-corrected chi connectivity index (χ0v) is 15.9. The predicted octanol–water partition coefficient (Wildman–Crippen LogP) is 4.65. The minimum Gasteiger partial charge on any atom is -0.454 e.